The predicted octanol–water partition coefficient (Wildman–Crippen LogP) is 0.146. The molecule has 0 aliphatic carbocycles. The van der Waals surface area contributed by atoms with Crippen LogP contribution in [0.5, 0.6) is 0 Å². The summed E-state index contributed by atoms with van der Waals surface area (Å²) in [6.07, 6.45) is 0. The molecule has 2 aliphatic heterocycles. The van der Waals surface area contributed by atoms with E-state index in [1.165, 1.54) is 26.8 Å². The Balaban J connectivity index is 1.70. The summed E-state index contributed by atoms with van der Waals surface area (Å²) in [5.41, 5.74) is 0.0875. The molecule has 10 heteroatoms. The number of morpholine rings is 1. The Labute approximate surface area is 151 Å². The second-order valence-electron chi connectivity index (χ2n) is 6.22. The summed E-state index contributed by atoms with van der Waals surface area (Å²) < 4.78 is 47.3. The lowest BCUT2D eigenvalue weighted by atomic mass is 10.0. The van der Waals surface area contributed by atoms with Gasteiger partial charge in [-0.15, -0.1) is 0 Å². The number of benzene rings is 1. The Morgan fingerprint density at radius 2 is 1.62 bits per heavy atom. The number of piperazine rings is 1. The second-order valence-corrected chi connectivity index (χ2v) is 8.14. The Hall–Kier alpha value is -1.59. The summed E-state index contributed by atoms with van der Waals surface area (Å²) in [6, 6.07) is 4.64. The zero-order valence-electron chi connectivity index (χ0n) is 14.3. The van der Waals surface area contributed by atoms with Gasteiger partial charge >= 0.3 is 5.97 Å². The van der Waals surface area contributed by atoms with Gasteiger partial charge in [0.25, 0.3) is 10.2 Å². The minimum absolute atomic E-state index is 0.0875. The van der Waals surface area contributed by atoms with Crippen molar-refractivity contribution in [3.05, 3.63) is 35.6 Å². The third-order valence-corrected chi connectivity index (χ3v) is 6.73. The molecule has 0 amide bonds. The molecule has 1 aromatic carbocycles. The first-order valence-corrected chi connectivity index (χ1v) is 9.85. The molecule has 144 valence electrons. The molecule has 2 aliphatic rings. The van der Waals surface area contributed by atoms with E-state index in [-0.39, 0.29) is 31.7 Å². The van der Waals surface area contributed by atoms with Crippen molar-refractivity contribution in [2.24, 2.45) is 0 Å². The first-order chi connectivity index (χ1) is 12.4. The number of carbonyl (C=O) groups is 1. The number of hydrogen-bond donors (Lipinski definition) is 1. The first kappa shape index (κ1) is 19.2. The summed E-state index contributed by atoms with van der Waals surface area (Å²) in [4.78, 5) is 13.3. The maximum Gasteiger partial charge on any atom is 0.325 e. The molecule has 2 heterocycles. The summed E-state index contributed by atoms with van der Waals surface area (Å²) in [5.74, 6) is -1.73. The van der Waals surface area contributed by atoms with Crippen LogP contribution in [0.4, 0.5) is 4.39 Å². The van der Waals surface area contributed by atoms with Gasteiger partial charge in [-0.1, -0.05) is 18.2 Å². The molecule has 0 radical (unpaired) electrons. The highest BCUT2D eigenvalue weighted by Gasteiger charge is 2.37. The van der Waals surface area contributed by atoms with Gasteiger partial charge in [0, 0.05) is 44.8 Å². The van der Waals surface area contributed by atoms with Crippen molar-refractivity contribution in [1.82, 2.24) is 13.5 Å². The minimum atomic E-state index is -3.59. The van der Waals surface area contributed by atoms with E-state index >= 15 is 0 Å². The molecule has 2 fully saturated rings. The zero-order valence-corrected chi connectivity index (χ0v) is 15.1. The van der Waals surface area contributed by atoms with Gasteiger partial charge in [0.05, 0.1) is 13.2 Å². The zero-order chi connectivity index (χ0) is 18.7. The van der Waals surface area contributed by atoms with Crippen LogP contribution in [0.1, 0.15) is 11.6 Å². The maximum atomic E-state index is 14.0. The summed E-state index contributed by atoms with van der Waals surface area (Å²) >= 11 is 0. The van der Waals surface area contributed by atoms with Crippen LogP contribution in [-0.2, 0) is 19.7 Å². The molecular formula is C16H22FN3O5S. The molecule has 1 unspecified atom stereocenters. The largest absolute Gasteiger partial charge is 0.480 e. The van der Waals surface area contributed by atoms with E-state index in [0.717, 1.165) is 0 Å². The number of nitrogens with zero attached hydrogens (tertiary/aromatic N) is 3. The number of ether oxygens (including phenoxy) is 1. The molecule has 1 N–H and O–H groups in total. The number of carboxylic acids is 1. The normalized spacial score (nSPS) is 22.2. The lowest BCUT2D eigenvalue weighted by molar-refractivity contribution is -0.144. The first-order valence-electron chi connectivity index (χ1n) is 8.45. The Bertz CT molecular complexity index is 746. The molecule has 1 aromatic rings. The third-order valence-electron chi connectivity index (χ3n) is 4.69. The number of rotatable bonds is 5. The number of halogens is 1. The van der Waals surface area contributed by atoms with Crippen LogP contribution >= 0.6 is 0 Å². The van der Waals surface area contributed by atoms with Gasteiger partial charge in [0.15, 0.2) is 0 Å². The second kappa shape index (κ2) is 7.97. The quantitative estimate of drug-likeness (QED) is 0.773. The van der Waals surface area contributed by atoms with Crippen LogP contribution < -0.4 is 0 Å². The van der Waals surface area contributed by atoms with Gasteiger partial charge in [0.2, 0.25) is 0 Å². The maximum absolute atomic E-state index is 14.0. The molecule has 0 aromatic heterocycles. The molecule has 3 rings (SSSR count). The van der Waals surface area contributed by atoms with Crippen LogP contribution in [-0.4, -0.2) is 85.5 Å². The number of hydrogen-bond acceptors (Lipinski definition) is 5. The van der Waals surface area contributed by atoms with Crippen molar-refractivity contribution in [3.63, 3.8) is 0 Å². The van der Waals surface area contributed by atoms with Crippen molar-refractivity contribution >= 4 is 16.2 Å². The highest BCUT2D eigenvalue weighted by molar-refractivity contribution is 7.86. The van der Waals surface area contributed by atoms with E-state index in [4.69, 9.17) is 4.74 Å². The van der Waals surface area contributed by atoms with Crippen molar-refractivity contribution < 1.29 is 27.4 Å². The Morgan fingerprint density at radius 3 is 2.19 bits per heavy atom. The fourth-order valence-electron chi connectivity index (χ4n) is 3.32. The molecule has 26 heavy (non-hydrogen) atoms. The van der Waals surface area contributed by atoms with E-state index in [2.05, 4.69) is 0 Å². The molecular weight excluding hydrogens is 365 g/mol. The predicted molar refractivity (Wildman–Crippen MR) is 91.2 cm³/mol. The van der Waals surface area contributed by atoms with Gasteiger partial charge < -0.3 is 9.84 Å². The van der Waals surface area contributed by atoms with Crippen LogP contribution in [0.2, 0.25) is 0 Å². The van der Waals surface area contributed by atoms with Crippen molar-refractivity contribution in [2.45, 2.75) is 6.04 Å². The smallest absolute Gasteiger partial charge is 0.325 e. The van der Waals surface area contributed by atoms with Crippen LogP contribution in [0.15, 0.2) is 24.3 Å². The fraction of sp³-hybridized carbons (Fsp3) is 0.562. The van der Waals surface area contributed by atoms with E-state index in [0.29, 0.717) is 26.3 Å². The van der Waals surface area contributed by atoms with E-state index < -0.39 is 28.0 Å². The van der Waals surface area contributed by atoms with Crippen molar-refractivity contribution in [1.29, 1.82) is 0 Å². The molecule has 0 saturated carbocycles. The highest BCUT2D eigenvalue weighted by Crippen LogP contribution is 2.26. The molecule has 0 bridgehead atoms. The summed E-state index contributed by atoms with van der Waals surface area (Å²) in [7, 11) is -3.59. The standard InChI is InChI=1S/C16H22FN3O5S/c17-14-4-2-1-3-13(14)15(16(21)22)18-5-7-19(8-6-18)26(23,24)20-9-11-25-12-10-20/h1-4,15H,5-12H2,(H,21,22). The van der Waals surface area contributed by atoms with Crippen LogP contribution in [0.25, 0.3) is 0 Å². The van der Waals surface area contributed by atoms with E-state index in [1.54, 1.807) is 11.0 Å². The summed E-state index contributed by atoms with van der Waals surface area (Å²) in [6.45, 7) is 2.13. The molecule has 0 spiro atoms. The topological polar surface area (TPSA) is 90.4 Å². The lowest BCUT2D eigenvalue weighted by Gasteiger charge is -2.39. The minimum Gasteiger partial charge on any atom is -0.480 e. The Morgan fingerprint density at radius 1 is 1.04 bits per heavy atom. The van der Waals surface area contributed by atoms with Gasteiger partial charge in [-0.2, -0.15) is 17.0 Å². The van der Waals surface area contributed by atoms with Crippen molar-refractivity contribution in [3.8, 4) is 0 Å². The third kappa shape index (κ3) is 3.89. The van der Waals surface area contributed by atoms with Gasteiger partial charge in [0.1, 0.15) is 11.9 Å². The van der Waals surface area contributed by atoms with Gasteiger partial charge in [-0.25, -0.2) is 4.39 Å². The number of aliphatic carboxylic acids is 1. The monoisotopic (exact) mass is 387 g/mol. The van der Waals surface area contributed by atoms with Crippen LogP contribution in [0.3, 0.4) is 0 Å². The van der Waals surface area contributed by atoms with Crippen molar-refractivity contribution in [2.75, 3.05) is 52.5 Å². The lowest BCUT2D eigenvalue weighted by Crippen LogP contribution is -2.56. The Kier molecular flexibility index (Phi) is 5.88. The van der Waals surface area contributed by atoms with Crippen LogP contribution in [0, 0.1) is 5.82 Å². The summed E-state index contributed by atoms with van der Waals surface area (Å²) in [5, 5.41) is 9.57. The average Bonchev–Trinajstić information content (AvgIpc) is 2.64. The fourth-order valence-corrected chi connectivity index (χ4v) is 4.88. The van der Waals surface area contributed by atoms with E-state index in [1.807, 2.05) is 0 Å². The number of carboxylic acid groups (broad SMARTS) is 1. The average molecular weight is 387 g/mol. The molecule has 8 nitrogen and oxygen atoms in total. The van der Waals surface area contributed by atoms with Gasteiger partial charge in [-0.3, -0.25) is 9.69 Å². The SMILES string of the molecule is O=C(O)C(c1ccccc1F)N1CCN(S(=O)(=O)N2CCOCC2)CC1. The van der Waals surface area contributed by atoms with Gasteiger partial charge in [-0.05, 0) is 6.07 Å². The van der Waals surface area contributed by atoms with E-state index in [9.17, 15) is 22.7 Å². The highest BCUT2D eigenvalue weighted by atomic mass is 32.2. The molecule has 2 saturated heterocycles. The molecule has 1 atom stereocenters.